The van der Waals surface area contributed by atoms with Crippen molar-refractivity contribution in [3.8, 4) is 17.0 Å². The summed E-state index contributed by atoms with van der Waals surface area (Å²) >= 11 is 9.94. The summed E-state index contributed by atoms with van der Waals surface area (Å²) < 4.78 is 35.6. The maximum absolute atomic E-state index is 12.7. The molecular weight excluding hydrogens is 590 g/mol. The number of hydrogen-bond donors (Lipinski definition) is 2. The van der Waals surface area contributed by atoms with E-state index in [0.717, 1.165) is 32.7 Å². The first kappa shape index (κ1) is 26.2. The van der Waals surface area contributed by atoms with E-state index in [4.69, 9.17) is 21.3 Å². The Balaban J connectivity index is 1.29. The molecule has 2 heterocycles. The average molecular weight is 613 g/mol. The fourth-order valence-electron chi connectivity index (χ4n) is 3.87. The largest absolute Gasteiger partial charge is 0.497 e. The molecule has 0 bridgehead atoms. The molecule has 0 aliphatic heterocycles. The van der Waals surface area contributed by atoms with Gasteiger partial charge in [0.2, 0.25) is 10.0 Å². The standard InChI is InChI=1S/C27H23BrClN5O3S/c1-37-20-5-4-6-21(13-20)38(35,36)32-16-19-11-9-18(10-12-19)15-30-26-14-25(22-7-2-3-8-24(22)29)33-27-23(28)17-31-34(26)27/h2-14,17,30,32H,15-16H2,1H3. The van der Waals surface area contributed by atoms with Gasteiger partial charge in [0.15, 0.2) is 5.65 Å². The van der Waals surface area contributed by atoms with Crippen molar-refractivity contribution in [2.45, 2.75) is 18.0 Å². The zero-order valence-corrected chi connectivity index (χ0v) is 23.4. The summed E-state index contributed by atoms with van der Waals surface area (Å²) in [6.45, 7) is 0.690. The van der Waals surface area contributed by atoms with E-state index in [9.17, 15) is 8.42 Å². The lowest BCUT2D eigenvalue weighted by Gasteiger charge is -2.12. The molecule has 194 valence electrons. The van der Waals surface area contributed by atoms with E-state index >= 15 is 0 Å². The first-order valence-corrected chi connectivity index (χ1v) is 14.2. The number of anilines is 1. The van der Waals surface area contributed by atoms with Crippen LogP contribution in [0.4, 0.5) is 5.82 Å². The molecule has 0 atom stereocenters. The number of halogens is 2. The molecule has 5 rings (SSSR count). The van der Waals surface area contributed by atoms with Crippen molar-refractivity contribution in [2.24, 2.45) is 0 Å². The second-order valence-electron chi connectivity index (χ2n) is 8.41. The van der Waals surface area contributed by atoms with Crippen molar-refractivity contribution in [3.05, 3.63) is 106 Å². The molecule has 0 amide bonds. The van der Waals surface area contributed by atoms with Crippen LogP contribution in [0.5, 0.6) is 5.75 Å². The van der Waals surface area contributed by atoms with Gasteiger partial charge in [-0.1, -0.05) is 60.1 Å². The Kier molecular flexibility index (Phi) is 7.66. The van der Waals surface area contributed by atoms with Crippen LogP contribution in [0.3, 0.4) is 0 Å². The van der Waals surface area contributed by atoms with Crippen molar-refractivity contribution in [1.29, 1.82) is 0 Å². The van der Waals surface area contributed by atoms with Crippen LogP contribution >= 0.6 is 27.5 Å². The van der Waals surface area contributed by atoms with Gasteiger partial charge in [-0.05, 0) is 45.3 Å². The van der Waals surface area contributed by atoms with Crippen molar-refractivity contribution < 1.29 is 13.2 Å². The maximum Gasteiger partial charge on any atom is 0.241 e. The third-order valence-electron chi connectivity index (χ3n) is 5.89. The van der Waals surface area contributed by atoms with Gasteiger partial charge in [-0.25, -0.2) is 18.1 Å². The summed E-state index contributed by atoms with van der Waals surface area (Å²) in [5, 5.41) is 8.47. The number of nitrogens with one attached hydrogen (secondary N) is 2. The van der Waals surface area contributed by atoms with Crippen LogP contribution < -0.4 is 14.8 Å². The number of ether oxygens (including phenoxy) is 1. The minimum Gasteiger partial charge on any atom is -0.497 e. The van der Waals surface area contributed by atoms with E-state index in [0.29, 0.717) is 23.0 Å². The third kappa shape index (κ3) is 5.68. The Labute approximate surface area is 233 Å². The lowest BCUT2D eigenvalue weighted by atomic mass is 10.1. The van der Waals surface area contributed by atoms with E-state index in [1.54, 1.807) is 22.8 Å². The van der Waals surface area contributed by atoms with Gasteiger partial charge in [-0.2, -0.15) is 9.61 Å². The molecule has 0 aliphatic carbocycles. The minimum atomic E-state index is -3.67. The zero-order chi connectivity index (χ0) is 26.7. The second-order valence-corrected chi connectivity index (χ2v) is 11.4. The number of nitrogens with zero attached hydrogens (tertiary/aromatic N) is 3. The molecule has 3 aromatic carbocycles. The molecule has 2 aromatic heterocycles. The highest BCUT2D eigenvalue weighted by Crippen LogP contribution is 2.30. The smallest absolute Gasteiger partial charge is 0.241 e. The lowest BCUT2D eigenvalue weighted by Crippen LogP contribution is -2.23. The molecule has 0 spiro atoms. The highest BCUT2D eigenvalue weighted by atomic mass is 79.9. The Bertz CT molecular complexity index is 1710. The van der Waals surface area contributed by atoms with Gasteiger partial charge in [-0.15, -0.1) is 0 Å². The lowest BCUT2D eigenvalue weighted by molar-refractivity contribution is 0.413. The molecule has 0 fully saturated rings. The molecule has 0 radical (unpaired) electrons. The number of methoxy groups -OCH3 is 1. The topological polar surface area (TPSA) is 97.6 Å². The molecule has 0 aliphatic rings. The highest BCUT2D eigenvalue weighted by molar-refractivity contribution is 9.10. The number of rotatable bonds is 9. The van der Waals surface area contributed by atoms with Crippen LogP contribution in [-0.4, -0.2) is 30.1 Å². The normalized spacial score (nSPS) is 11.6. The van der Waals surface area contributed by atoms with Crippen molar-refractivity contribution >= 4 is 49.0 Å². The van der Waals surface area contributed by atoms with Crippen LogP contribution in [0.2, 0.25) is 5.02 Å². The number of benzene rings is 3. The highest BCUT2D eigenvalue weighted by Gasteiger charge is 2.15. The van der Waals surface area contributed by atoms with E-state index in [1.165, 1.54) is 19.2 Å². The van der Waals surface area contributed by atoms with Gasteiger partial charge < -0.3 is 10.1 Å². The second kappa shape index (κ2) is 11.1. The van der Waals surface area contributed by atoms with Crippen LogP contribution in [0.25, 0.3) is 16.9 Å². The van der Waals surface area contributed by atoms with Crippen molar-refractivity contribution in [2.75, 3.05) is 12.4 Å². The molecule has 38 heavy (non-hydrogen) atoms. The van der Waals surface area contributed by atoms with Crippen LogP contribution in [0, 0.1) is 0 Å². The molecule has 8 nitrogen and oxygen atoms in total. The van der Waals surface area contributed by atoms with Crippen LogP contribution in [0.1, 0.15) is 11.1 Å². The summed E-state index contributed by atoms with van der Waals surface area (Å²) in [6.07, 6.45) is 1.70. The zero-order valence-electron chi connectivity index (χ0n) is 20.2. The predicted octanol–water partition coefficient (Wildman–Crippen LogP) is 5.91. The number of sulfonamides is 1. The van der Waals surface area contributed by atoms with E-state index in [-0.39, 0.29) is 11.4 Å². The summed E-state index contributed by atoms with van der Waals surface area (Å²) in [5.41, 5.74) is 4.08. The van der Waals surface area contributed by atoms with Crippen LogP contribution in [-0.2, 0) is 23.1 Å². The Morgan fingerprint density at radius 1 is 0.974 bits per heavy atom. The van der Waals surface area contributed by atoms with Gasteiger partial charge in [0.25, 0.3) is 0 Å². The number of aromatic nitrogens is 3. The molecule has 0 saturated heterocycles. The monoisotopic (exact) mass is 611 g/mol. The summed E-state index contributed by atoms with van der Waals surface area (Å²) in [4.78, 5) is 4.89. The summed E-state index contributed by atoms with van der Waals surface area (Å²) in [7, 11) is -2.17. The quantitative estimate of drug-likeness (QED) is 0.215. The van der Waals surface area contributed by atoms with Gasteiger partial charge >= 0.3 is 0 Å². The van der Waals surface area contributed by atoms with Crippen molar-refractivity contribution in [1.82, 2.24) is 19.3 Å². The Hall–Kier alpha value is -3.44. The molecular formula is C27H23BrClN5O3S. The minimum absolute atomic E-state index is 0.155. The first-order valence-electron chi connectivity index (χ1n) is 11.6. The van der Waals surface area contributed by atoms with E-state index < -0.39 is 10.0 Å². The van der Waals surface area contributed by atoms with E-state index in [2.05, 4.69) is 31.1 Å². The Morgan fingerprint density at radius 3 is 2.45 bits per heavy atom. The summed E-state index contributed by atoms with van der Waals surface area (Å²) in [6, 6.07) is 23.5. The molecule has 11 heteroatoms. The molecule has 0 unspecified atom stereocenters. The fraction of sp³-hybridized carbons (Fsp3) is 0.111. The van der Waals surface area contributed by atoms with Gasteiger partial charge in [-0.3, -0.25) is 0 Å². The van der Waals surface area contributed by atoms with Crippen molar-refractivity contribution in [3.63, 3.8) is 0 Å². The molecule has 2 N–H and O–H groups in total. The molecule has 5 aromatic rings. The third-order valence-corrected chi connectivity index (χ3v) is 8.18. The van der Waals surface area contributed by atoms with Gasteiger partial charge in [0.05, 0.1) is 28.4 Å². The Morgan fingerprint density at radius 2 is 1.71 bits per heavy atom. The van der Waals surface area contributed by atoms with Crippen LogP contribution in [0.15, 0.2) is 94.4 Å². The number of hydrogen-bond acceptors (Lipinski definition) is 6. The molecule has 0 saturated carbocycles. The maximum atomic E-state index is 12.7. The van der Waals surface area contributed by atoms with E-state index in [1.807, 2.05) is 54.6 Å². The fourth-order valence-corrected chi connectivity index (χ4v) is 5.50. The van der Waals surface area contributed by atoms with Gasteiger partial charge in [0.1, 0.15) is 11.6 Å². The number of fused-ring (bicyclic) bond motifs is 1. The van der Waals surface area contributed by atoms with Gasteiger partial charge in [0, 0.05) is 35.8 Å². The average Bonchev–Trinajstić information content (AvgIpc) is 3.32. The summed E-state index contributed by atoms with van der Waals surface area (Å²) in [5.74, 6) is 1.24. The first-order chi connectivity index (χ1) is 18.3. The SMILES string of the molecule is COc1cccc(S(=O)(=O)NCc2ccc(CNc3cc(-c4ccccc4Cl)nc4c(Br)cnn34)cc2)c1. The predicted molar refractivity (Wildman–Crippen MR) is 152 cm³/mol.